The Morgan fingerprint density at radius 3 is 2.17 bits per heavy atom. The van der Waals surface area contributed by atoms with Crippen molar-refractivity contribution in [3.63, 3.8) is 0 Å². The molecule has 0 saturated heterocycles. The third-order valence-electron chi connectivity index (χ3n) is 4.98. The van der Waals surface area contributed by atoms with Crippen molar-refractivity contribution in [2.45, 2.75) is 0 Å². The van der Waals surface area contributed by atoms with Gasteiger partial charge in [-0.2, -0.15) is 0 Å². The van der Waals surface area contributed by atoms with E-state index in [0.29, 0.717) is 0 Å². The van der Waals surface area contributed by atoms with E-state index < -0.39 is 0 Å². The van der Waals surface area contributed by atoms with Gasteiger partial charge in [0.25, 0.3) is 0 Å². The van der Waals surface area contributed by atoms with Gasteiger partial charge in [0, 0.05) is 28.7 Å². The van der Waals surface area contributed by atoms with Gasteiger partial charge >= 0.3 is 0 Å². The molecule has 114 valence electrons. The van der Waals surface area contributed by atoms with Gasteiger partial charge in [0.2, 0.25) is 0 Å². The third kappa shape index (κ3) is 1.75. The predicted molar refractivity (Wildman–Crippen MR) is 103 cm³/mol. The number of para-hydroxylation sites is 1. The average molecular weight is 307 g/mol. The zero-order valence-electron chi connectivity index (χ0n) is 13.5. The third-order valence-corrected chi connectivity index (χ3v) is 4.98. The van der Waals surface area contributed by atoms with E-state index in [0.717, 1.165) is 0 Å². The van der Waals surface area contributed by atoms with Crippen LogP contribution >= 0.6 is 0 Å². The highest BCUT2D eigenvalue weighted by molar-refractivity contribution is 6.23. The maximum atomic E-state index is 2.33. The molecule has 0 spiro atoms. The van der Waals surface area contributed by atoms with Gasteiger partial charge in [-0.25, -0.2) is 0 Å². The van der Waals surface area contributed by atoms with Crippen LogP contribution in [0.5, 0.6) is 0 Å². The first-order chi connectivity index (χ1) is 11.8. The Morgan fingerprint density at radius 1 is 0.667 bits per heavy atom. The van der Waals surface area contributed by atoms with E-state index in [1.165, 1.54) is 43.7 Å². The summed E-state index contributed by atoms with van der Waals surface area (Å²) in [4.78, 5) is 0. The highest BCUT2D eigenvalue weighted by atomic mass is 14.9. The van der Waals surface area contributed by atoms with Crippen molar-refractivity contribution in [3.8, 4) is 11.1 Å². The zero-order valence-corrected chi connectivity index (χ0v) is 13.5. The van der Waals surface area contributed by atoms with Crippen molar-refractivity contribution in [1.82, 2.24) is 4.57 Å². The summed E-state index contributed by atoms with van der Waals surface area (Å²) in [7, 11) is 2.17. The predicted octanol–water partition coefficient (Wildman–Crippen LogP) is 6.15. The minimum absolute atomic E-state index is 1.27. The van der Waals surface area contributed by atoms with Crippen molar-refractivity contribution < 1.29 is 0 Å². The topological polar surface area (TPSA) is 4.93 Å². The Hall–Kier alpha value is -3.06. The van der Waals surface area contributed by atoms with E-state index in [1.807, 2.05) is 0 Å². The van der Waals surface area contributed by atoms with Gasteiger partial charge < -0.3 is 4.57 Å². The molecule has 0 aliphatic rings. The number of rotatable bonds is 1. The van der Waals surface area contributed by atoms with Crippen LogP contribution in [0.15, 0.2) is 84.9 Å². The maximum absolute atomic E-state index is 2.33. The van der Waals surface area contributed by atoms with E-state index in [1.54, 1.807) is 0 Å². The molecule has 1 nitrogen and oxygen atoms in total. The second-order valence-electron chi connectivity index (χ2n) is 6.31. The Balaban J connectivity index is 2.10. The first-order valence-corrected chi connectivity index (χ1v) is 8.29. The largest absolute Gasteiger partial charge is 0.343 e. The maximum Gasteiger partial charge on any atom is 0.0574 e. The van der Waals surface area contributed by atoms with Crippen LogP contribution in [-0.2, 0) is 7.05 Å². The number of aromatic nitrogens is 1. The van der Waals surface area contributed by atoms with Crippen molar-refractivity contribution >= 4 is 32.6 Å². The van der Waals surface area contributed by atoms with Crippen molar-refractivity contribution in [2.75, 3.05) is 0 Å². The molecule has 5 rings (SSSR count). The Morgan fingerprint density at radius 2 is 1.33 bits per heavy atom. The van der Waals surface area contributed by atoms with Gasteiger partial charge in [0.1, 0.15) is 0 Å². The monoisotopic (exact) mass is 307 g/mol. The number of nitrogens with zero attached hydrogens (tertiary/aromatic N) is 1. The molecular weight excluding hydrogens is 290 g/mol. The van der Waals surface area contributed by atoms with Crippen LogP contribution in [0.4, 0.5) is 0 Å². The van der Waals surface area contributed by atoms with Crippen LogP contribution in [-0.4, -0.2) is 4.57 Å². The van der Waals surface area contributed by atoms with E-state index >= 15 is 0 Å². The standard InChI is InChI=1S/C23H17N/c1-24-21-14-8-7-13-19(21)22-20(16-9-3-2-4-10-16)15-17-11-5-6-12-18(17)23(22)24/h2-15H,1H3. The van der Waals surface area contributed by atoms with Crippen molar-refractivity contribution in [3.05, 3.63) is 84.9 Å². The fraction of sp³-hybridized carbons (Fsp3) is 0.0435. The fourth-order valence-electron chi connectivity index (χ4n) is 3.89. The molecule has 0 fully saturated rings. The highest BCUT2D eigenvalue weighted by Crippen LogP contribution is 2.40. The van der Waals surface area contributed by atoms with Crippen LogP contribution in [0.25, 0.3) is 43.7 Å². The van der Waals surface area contributed by atoms with Gasteiger partial charge in [-0.1, -0.05) is 72.8 Å². The van der Waals surface area contributed by atoms with E-state index in [4.69, 9.17) is 0 Å². The second-order valence-corrected chi connectivity index (χ2v) is 6.31. The number of fused-ring (bicyclic) bond motifs is 5. The lowest BCUT2D eigenvalue weighted by Crippen LogP contribution is -1.89. The summed E-state index contributed by atoms with van der Waals surface area (Å²) in [6.45, 7) is 0. The summed E-state index contributed by atoms with van der Waals surface area (Å²) in [6, 6.07) is 30.4. The second kappa shape index (κ2) is 4.97. The first-order valence-electron chi connectivity index (χ1n) is 8.29. The molecule has 0 bridgehead atoms. The Labute approximate surface area is 140 Å². The number of benzene rings is 4. The lowest BCUT2D eigenvalue weighted by molar-refractivity contribution is 1.02. The van der Waals surface area contributed by atoms with Crippen LogP contribution in [0.3, 0.4) is 0 Å². The fourth-order valence-corrected chi connectivity index (χ4v) is 3.89. The van der Waals surface area contributed by atoms with Gasteiger partial charge in [-0.05, 0) is 28.6 Å². The summed E-state index contributed by atoms with van der Waals surface area (Å²) < 4.78 is 2.33. The number of aryl methyl sites for hydroxylation is 1. The molecule has 0 atom stereocenters. The lowest BCUT2D eigenvalue weighted by Gasteiger charge is -2.09. The molecule has 0 amide bonds. The minimum Gasteiger partial charge on any atom is -0.343 e. The molecule has 0 unspecified atom stereocenters. The molecular formula is C23H17N. The van der Waals surface area contributed by atoms with Crippen molar-refractivity contribution in [1.29, 1.82) is 0 Å². The molecule has 1 heterocycles. The summed E-state index contributed by atoms with van der Waals surface area (Å²) in [5.74, 6) is 0. The van der Waals surface area contributed by atoms with Crippen LogP contribution < -0.4 is 0 Å². The Kier molecular flexibility index (Phi) is 2.77. The van der Waals surface area contributed by atoms with Gasteiger partial charge in [0.15, 0.2) is 0 Å². The van der Waals surface area contributed by atoms with Crippen LogP contribution in [0.2, 0.25) is 0 Å². The summed E-state index contributed by atoms with van der Waals surface area (Å²) >= 11 is 0. The van der Waals surface area contributed by atoms with Gasteiger partial charge in [-0.3, -0.25) is 0 Å². The van der Waals surface area contributed by atoms with Crippen LogP contribution in [0.1, 0.15) is 0 Å². The summed E-state index contributed by atoms with van der Waals surface area (Å²) in [5.41, 5.74) is 5.17. The van der Waals surface area contributed by atoms with E-state index in [2.05, 4.69) is 96.5 Å². The van der Waals surface area contributed by atoms with Crippen molar-refractivity contribution in [2.24, 2.45) is 7.05 Å². The van der Waals surface area contributed by atoms with E-state index in [9.17, 15) is 0 Å². The molecule has 0 saturated carbocycles. The van der Waals surface area contributed by atoms with Crippen LogP contribution in [0, 0.1) is 0 Å². The molecule has 24 heavy (non-hydrogen) atoms. The van der Waals surface area contributed by atoms with E-state index in [-0.39, 0.29) is 0 Å². The quantitative estimate of drug-likeness (QED) is 0.350. The molecule has 1 aromatic heterocycles. The molecule has 5 aromatic rings. The molecule has 0 aliphatic carbocycles. The SMILES string of the molecule is Cn1c2ccccc2c2c(-c3ccccc3)cc3ccccc3c21. The zero-order chi connectivity index (χ0) is 16.1. The molecule has 0 aliphatic heterocycles. The lowest BCUT2D eigenvalue weighted by atomic mass is 9.95. The smallest absolute Gasteiger partial charge is 0.0574 e. The Bertz CT molecular complexity index is 1200. The molecule has 4 aromatic carbocycles. The molecule has 0 N–H and O–H groups in total. The average Bonchev–Trinajstić information content (AvgIpc) is 2.96. The van der Waals surface area contributed by atoms with Gasteiger partial charge in [-0.15, -0.1) is 0 Å². The molecule has 1 heteroatoms. The number of hydrogen-bond acceptors (Lipinski definition) is 0. The highest BCUT2D eigenvalue weighted by Gasteiger charge is 2.15. The molecule has 0 radical (unpaired) electrons. The van der Waals surface area contributed by atoms with Gasteiger partial charge in [0.05, 0.1) is 5.52 Å². The summed E-state index contributed by atoms with van der Waals surface area (Å²) in [5, 5.41) is 5.26. The first kappa shape index (κ1) is 13.4. The normalized spacial score (nSPS) is 11.5. The summed E-state index contributed by atoms with van der Waals surface area (Å²) in [6.07, 6.45) is 0. The number of hydrogen-bond donors (Lipinski definition) is 0. The minimum atomic E-state index is 1.27.